The minimum absolute atomic E-state index is 0.388. The van der Waals surface area contributed by atoms with E-state index in [0.717, 1.165) is 6.42 Å². The fourth-order valence-electron chi connectivity index (χ4n) is 2.68. The summed E-state index contributed by atoms with van der Waals surface area (Å²) < 4.78 is 13.1. The fraction of sp³-hybridized carbons (Fsp3) is 0.923. The van der Waals surface area contributed by atoms with Gasteiger partial charge in [-0.2, -0.15) is 0 Å². The van der Waals surface area contributed by atoms with Crippen molar-refractivity contribution in [2.24, 2.45) is 5.92 Å². The van der Waals surface area contributed by atoms with E-state index in [2.05, 4.69) is 66.6 Å². The third kappa shape index (κ3) is 6.65. The van der Waals surface area contributed by atoms with Crippen LogP contribution in [0.1, 0.15) is 20.3 Å². The van der Waals surface area contributed by atoms with Crippen LogP contribution in [0, 0.1) is 12.8 Å². The summed E-state index contributed by atoms with van der Waals surface area (Å²) in [6.45, 7) is 24.5. The van der Waals surface area contributed by atoms with E-state index in [0.29, 0.717) is 11.5 Å². The predicted molar refractivity (Wildman–Crippen MR) is 89.0 cm³/mol. The molecule has 0 heterocycles. The van der Waals surface area contributed by atoms with Gasteiger partial charge in [-0.25, -0.2) is 0 Å². The molecule has 0 saturated carbocycles. The summed E-state index contributed by atoms with van der Waals surface area (Å²) in [5, 5.41) is 0. The van der Waals surface area contributed by atoms with E-state index in [1.807, 2.05) is 0 Å². The molecule has 0 bridgehead atoms. The van der Waals surface area contributed by atoms with Gasteiger partial charge >= 0.3 is 8.56 Å². The van der Waals surface area contributed by atoms with Crippen LogP contribution in [0.4, 0.5) is 0 Å². The van der Waals surface area contributed by atoms with Gasteiger partial charge in [0.15, 0.2) is 16.6 Å². The molecular weight excluding hydrogens is 272 g/mol. The second-order valence-corrected chi connectivity index (χ2v) is 20.3. The van der Waals surface area contributed by atoms with Gasteiger partial charge < -0.3 is 8.23 Å². The maximum absolute atomic E-state index is 6.57. The largest absolute Gasteiger partial charge is 0.436 e. The van der Waals surface area contributed by atoms with E-state index in [-0.39, 0.29) is 0 Å². The van der Waals surface area contributed by atoms with Gasteiger partial charge in [-0.1, -0.05) is 27.2 Å². The standard InChI is InChI=1S/C13H33O2Si3/c1-11-13(12(2)3)18(10,14-16(4,5)6)15-17(7,8)9/h12-13H,2,11H2,1,3-10H3. The maximum Gasteiger partial charge on any atom is 0.317 e. The Morgan fingerprint density at radius 2 is 1.22 bits per heavy atom. The minimum Gasteiger partial charge on any atom is -0.436 e. The van der Waals surface area contributed by atoms with Crippen molar-refractivity contribution in [1.29, 1.82) is 0 Å². The van der Waals surface area contributed by atoms with Crippen molar-refractivity contribution in [2.75, 3.05) is 0 Å². The lowest BCUT2D eigenvalue weighted by atomic mass is 10.1. The molecule has 0 aromatic heterocycles. The highest BCUT2D eigenvalue weighted by Crippen LogP contribution is 2.38. The third-order valence-corrected chi connectivity index (χ3v) is 13.3. The summed E-state index contributed by atoms with van der Waals surface area (Å²) in [6, 6.07) is 0. The zero-order chi connectivity index (χ0) is 14.8. The quantitative estimate of drug-likeness (QED) is 0.615. The molecule has 0 aromatic rings. The zero-order valence-corrected chi connectivity index (χ0v) is 16.9. The van der Waals surface area contributed by atoms with Crippen LogP contribution in [0.25, 0.3) is 0 Å². The van der Waals surface area contributed by atoms with Crippen molar-refractivity contribution in [2.45, 2.75) is 71.6 Å². The van der Waals surface area contributed by atoms with E-state index in [1.54, 1.807) is 0 Å². The molecule has 0 aliphatic heterocycles. The minimum atomic E-state index is -2.15. The summed E-state index contributed by atoms with van der Waals surface area (Å²) in [5.41, 5.74) is 0.482. The first-order valence-electron chi connectivity index (χ1n) is 7.04. The molecule has 0 spiro atoms. The van der Waals surface area contributed by atoms with Gasteiger partial charge in [0, 0.05) is 5.54 Å². The molecule has 0 aromatic carbocycles. The van der Waals surface area contributed by atoms with E-state index >= 15 is 0 Å². The molecule has 2 atom stereocenters. The highest BCUT2D eigenvalue weighted by atomic mass is 28.5. The lowest BCUT2D eigenvalue weighted by Crippen LogP contribution is -2.56. The molecule has 0 saturated heterocycles. The molecule has 18 heavy (non-hydrogen) atoms. The molecule has 1 radical (unpaired) electrons. The number of hydrogen-bond acceptors (Lipinski definition) is 2. The SMILES string of the molecule is [CH2]C(C)C(CC)[Si](C)(O[Si](C)(C)C)O[Si](C)(C)C. The van der Waals surface area contributed by atoms with Gasteiger partial charge in [0.05, 0.1) is 0 Å². The van der Waals surface area contributed by atoms with Crippen LogP contribution in [0.15, 0.2) is 0 Å². The highest BCUT2D eigenvalue weighted by molar-refractivity contribution is 6.88. The van der Waals surface area contributed by atoms with Gasteiger partial charge in [0.25, 0.3) is 0 Å². The Balaban J connectivity index is 5.25. The Hall–Kier alpha value is 0.571. The summed E-state index contributed by atoms with van der Waals surface area (Å²) in [7, 11) is -5.32. The average Bonchev–Trinajstić information content (AvgIpc) is 1.94. The Morgan fingerprint density at radius 1 is 0.889 bits per heavy atom. The average molecular weight is 306 g/mol. The molecule has 2 unspecified atom stereocenters. The van der Waals surface area contributed by atoms with Crippen LogP contribution in [-0.2, 0) is 8.23 Å². The van der Waals surface area contributed by atoms with Gasteiger partial charge in [-0.3, -0.25) is 0 Å². The number of rotatable bonds is 7. The lowest BCUT2D eigenvalue weighted by Gasteiger charge is -2.44. The van der Waals surface area contributed by atoms with Crippen LogP contribution in [0.3, 0.4) is 0 Å². The smallest absolute Gasteiger partial charge is 0.317 e. The highest BCUT2D eigenvalue weighted by Gasteiger charge is 2.47. The lowest BCUT2D eigenvalue weighted by molar-refractivity contribution is 0.342. The fourth-order valence-corrected chi connectivity index (χ4v) is 15.9. The Morgan fingerprint density at radius 3 is 1.39 bits per heavy atom. The van der Waals surface area contributed by atoms with Crippen molar-refractivity contribution in [1.82, 2.24) is 0 Å². The predicted octanol–water partition coefficient (Wildman–Crippen LogP) is 5.01. The van der Waals surface area contributed by atoms with Crippen LogP contribution in [0.2, 0.25) is 51.4 Å². The van der Waals surface area contributed by atoms with Crippen LogP contribution < -0.4 is 0 Å². The van der Waals surface area contributed by atoms with E-state index in [9.17, 15) is 0 Å². The molecule has 0 rings (SSSR count). The summed E-state index contributed by atoms with van der Waals surface area (Å²) in [5.74, 6) is 0.388. The van der Waals surface area contributed by atoms with Gasteiger partial charge in [-0.15, -0.1) is 0 Å². The molecule has 5 heteroatoms. The maximum atomic E-state index is 6.57. The molecule has 0 fully saturated rings. The molecule has 0 aliphatic rings. The summed E-state index contributed by atoms with van der Waals surface area (Å²) in [6.07, 6.45) is 1.10. The van der Waals surface area contributed by atoms with Gasteiger partial charge in [0.1, 0.15) is 0 Å². The van der Waals surface area contributed by atoms with Crippen molar-refractivity contribution >= 4 is 25.2 Å². The van der Waals surface area contributed by atoms with Crippen molar-refractivity contribution < 1.29 is 8.23 Å². The Labute approximate surface area is 118 Å². The molecule has 0 amide bonds. The monoisotopic (exact) mass is 305 g/mol. The topological polar surface area (TPSA) is 18.5 Å². The van der Waals surface area contributed by atoms with E-state index in [4.69, 9.17) is 8.23 Å². The van der Waals surface area contributed by atoms with E-state index in [1.165, 1.54) is 0 Å². The molecule has 109 valence electrons. The number of hydrogen-bond donors (Lipinski definition) is 0. The molecule has 2 nitrogen and oxygen atoms in total. The molecule has 0 aliphatic carbocycles. The van der Waals surface area contributed by atoms with Crippen LogP contribution in [0.5, 0.6) is 0 Å². The Kier molecular flexibility index (Phi) is 6.55. The normalized spacial score (nSPS) is 16.2. The summed E-state index contributed by atoms with van der Waals surface area (Å²) >= 11 is 0. The van der Waals surface area contributed by atoms with Crippen LogP contribution in [-0.4, -0.2) is 25.2 Å². The molecule has 0 N–H and O–H groups in total. The van der Waals surface area contributed by atoms with Crippen LogP contribution >= 0.6 is 0 Å². The second-order valence-electron chi connectivity index (χ2n) is 7.44. The third-order valence-electron chi connectivity index (χ3n) is 2.82. The van der Waals surface area contributed by atoms with Gasteiger partial charge in [0.2, 0.25) is 0 Å². The Bertz CT molecular complexity index is 238. The van der Waals surface area contributed by atoms with Crippen molar-refractivity contribution in [3.63, 3.8) is 0 Å². The van der Waals surface area contributed by atoms with Crippen molar-refractivity contribution in [3.05, 3.63) is 6.92 Å². The van der Waals surface area contributed by atoms with Crippen molar-refractivity contribution in [3.8, 4) is 0 Å². The first-order chi connectivity index (χ1) is 7.81. The summed E-state index contributed by atoms with van der Waals surface area (Å²) in [4.78, 5) is 0. The zero-order valence-electron chi connectivity index (χ0n) is 13.9. The van der Waals surface area contributed by atoms with E-state index < -0.39 is 25.2 Å². The van der Waals surface area contributed by atoms with Gasteiger partial charge in [-0.05, 0) is 51.7 Å². The first-order valence-corrected chi connectivity index (χ1v) is 16.2. The second kappa shape index (κ2) is 6.35. The molecular formula is C13H33O2Si3. The first kappa shape index (κ1) is 18.6.